The van der Waals surface area contributed by atoms with Crippen LogP contribution >= 0.6 is 15.9 Å². The molecule has 0 unspecified atom stereocenters. The third-order valence-electron chi connectivity index (χ3n) is 2.56. The summed E-state index contributed by atoms with van der Waals surface area (Å²) < 4.78 is 0.886. The molecule has 0 saturated heterocycles. The Morgan fingerprint density at radius 2 is 2.15 bits per heavy atom. The highest BCUT2D eigenvalue weighted by molar-refractivity contribution is 9.10. The highest BCUT2D eigenvalue weighted by Crippen LogP contribution is 2.12. The lowest BCUT2D eigenvalue weighted by Gasteiger charge is -2.18. The molecule has 5 nitrogen and oxygen atoms in total. The standard InChI is InChI=1S/C14H16BrNO4/c1-9(18)14(12(19)8-17)16-13(20)6-5-10-3-2-4-11(15)7-10/h2-7,9,14,17-18H,8H2,1H3,(H,16,20)/b6-5+/t9-,14+/m1/s1. The van der Waals surface area contributed by atoms with E-state index in [4.69, 9.17) is 5.11 Å². The molecule has 0 bridgehead atoms. The number of hydrogen-bond acceptors (Lipinski definition) is 4. The normalized spacial score (nSPS) is 14.0. The smallest absolute Gasteiger partial charge is 0.244 e. The van der Waals surface area contributed by atoms with Gasteiger partial charge in [-0.1, -0.05) is 28.1 Å². The van der Waals surface area contributed by atoms with Gasteiger partial charge in [-0.15, -0.1) is 0 Å². The van der Waals surface area contributed by atoms with Gasteiger partial charge in [0.1, 0.15) is 12.6 Å². The van der Waals surface area contributed by atoms with Crippen molar-refractivity contribution in [3.63, 3.8) is 0 Å². The van der Waals surface area contributed by atoms with E-state index in [2.05, 4.69) is 21.2 Å². The van der Waals surface area contributed by atoms with Crippen LogP contribution in [0.25, 0.3) is 6.08 Å². The largest absolute Gasteiger partial charge is 0.391 e. The van der Waals surface area contributed by atoms with Crippen LogP contribution in [0.1, 0.15) is 12.5 Å². The summed E-state index contributed by atoms with van der Waals surface area (Å²) in [6.45, 7) is 0.641. The minimum Gasteiger partial charge on any atom is -0.391 e. The Bertz CT molecular complexity index is 514. The van der Waals surface area contributed by atoms with Gasteiger partial charge in [-0.3, -0.25) is 9.59 Å². The fourth-order valence-corrected chi connectivity index (χ4v) is 1.97. The number of carbonyl (C=O) groups excluding carboxylic acids is 2. The van der Waals surface area contributed by atoms with Gasteiger partial charge in [-0.2, -0.15) is 0 Å². The van der Waals surface area contributed by atoms with Crippen LogP contribution in [0.4, 0.5) is 0 Å². The predicted octanol–water partition coefficient (Wildman–Crippen LogP) is 0.889. The van der Waals surface area contributed by atoms with Crippen LogP contribution < -0.4 is 5.32 Å². The zero-order valence-corrected chi connectivity index (χ0v) is 12.5. The lowest BCUT2D eigenvalue weighted by Crippen LogP contribution is -2.48. The monoisotopic (exact) mass is 341 g/mol. The molecule has 20 heavy (non-hydrogen) atoms. The summed E-state index contributed by atoms with van der Waals surface area (Å²) >= 11 is 3.32. The summed E-state index contributed by atoms with van der Waals surface area (Å²) in [6, 6.07) is 6.23. The first kappa shape index (κ1) is 16.6. The van der Waals surface area contributed by atoms with E-state index in [1.54, 1.807) is 6.08 Å². The summed E-state index contributed by atoms with van der Waals surface area (Å²) in [5, 5.41) is 20.5. The average Bonchev–Trinajstić information content (AvgIpc) is 2.41. The number of Topliss-reactive ketones (excluding diaryl/α,β-unsaturated/α-hetero) is 1. The molecule has 6 heteroatoms. The summed E-state index contributed by atoms with van der Waals surface area (Å²) in [5.41, 5.74) is 0.816. The van der Waals surface area contributed by atoms with Crippen LogP contribution in [0.5, 0.6) is 0 Å². The van der Waals surface area contributed by atoms with Crippen molar-refractivity contribution in [2.75, 3.05) is 6.61 Å². The maximum atomic E-state index is 11.7. The number of halogens is 1. The Kier molecular flexibility index (Phi) is 6.57. The molecule has 2 atom stereocenters. The average molecular weight is 342 g/mol. The minimum atomic E-state index is -1.11. The summed E-state index contributed by atoms with van der Waals surface area (Å²) in [5.74, 6) is -1.15. The molecule has 0 aliphatic rings. The molecular weight excluding hydrogens is 326 g/mol. The van der Waals surface area contributed by atoms with Crippen LogP contribution in [0, 0.1) is 0 Å². The lowest BCUT2D eigenvalue weighted by molar-refractivity contribution is -0.130. The molecule has 0 radical (unpaired) electrons. The molecule has 0 fully saturated rings. The van der Waals surface area contributed by atoms with E-state index in [1.165, 1.54) is 13.0 Å². The third kappa shape index (κ3) is 5.24. The Hall–Kier alpha value is -1.50. The number of amides is 1. The van der Waals surface area contributed by atoms with E-state index in [0.717, 1.165) is 10.0 Å². The molecule has 1 aromatic rings. The SMILES string of the molecule is C[C@@H](O)[C@H](NC(=O)/C=C/c1cccc(Br)c1)C(=O)CO. The van der Waals surface area contributed by atoms with E-state index in [-0.39, 0.29) is 0 Å². The molecule has 108 valence electrons. The van der Waals surface area contributed by atoms with E-state index in [0.29, 0.717) is 0 Å². The maximum Gasteiger partial charge on any atom is 0.244 e. The highest BCUT2D eigenvalue weighted by Gasteiger charge is 2.23. The first-order valence-corrected chi connectivity index (χ1v) is 6.79. The van der Waals surface area contributed by atoms with Gasteiger partial charge in [-0.25, -0.2) is 0 Å². The molecule has 0 aromatic heterocycles. The van der Waals surface area contributed by atoms with Gasteiger partial charge >= 0.3 is 0 Å². The number of aliphatic hydroxyl groups is 2. The molecule has 0 aliphatic carbocycles. The Morgan fingerprint density at radius 3 is 2.70 bits per heavy atom. The predicted molar refractivity (Wildman–Crippen MR) is 78.9 cm³/mol. The van der Waals surface area contributed by atoms with Crippen molar-refractivity contribution in [1.82, 2.24) is 5.32 Å². The molecular formula is C14H16BrNO4. The molecule has 1 amide bonds. The fourth-order valence-electron chi connectivity index (χ4n) is 1.55. The fraction of sp³-hybridized carbons (Fsp3) is 0.286. The molecule has 0 heterocycles. The van der Waals surface area contributed by atoms with Crippen molar-refractivity contribution in [2.45, 2.75) is 19.1 Å². The number of ketones is 1. The zero-order chi connectivity index (χ0) is 15.1. The van der Waals surface area contributed by atoms with Gasteiger partial charge in [0.25, 0.3) is 0 Å². The Morgan fingerprint density at radius 1 is 1.45 bits per heavy atom. The maximum absolute atomic E-state index is 11.7. The molecule has 1 rings (SSSR count). The minimum absolute atomic E-state index is 0.516. The van der Waals surface area contributed by atoms with Gasteiger partial charge in [0.15, 0.2) is 5.78 Å². The first-order valence-electron chi connectivity index (χ1n) is 6.00. The molecule has 3 N–H and O–H groups in total. The van der Waals surface area contributed by atoms with Crippen LogP contribution in [0.2, 0.25) is 0 Å². The van der Waals surface area contributed by atoms with Crippen molar-refractivity contribution < 1.29 is 19.8 Å². The van der Waals surface area contributed by atoms with Gasteiger partial charge in [0, 0.05) is 10.5 Å². The van der Waals surface area contributed by atoms with Crippen LogP contribution in [0.3, 0.4) is 0 Å². The van der Waals surface area contributed by atoms with Gasteiger partial charge in [0.05, 0.1) is 6.10 Å². The second kappa shape index (κ2) is 7.94. The number of hydrogen-bond donors (Lipinski definition) is 3. The van der Waals surface area contributed by atoms with Crippen molar-refractivity contribution >= 4 is 33.7 Å². The number of aliphatic hydroxyl groups excluding tert-OH is 2. The van der Waals surface area contributed by atoms with Crippen molar-refractivity contribution in [1.29, 1.82) is 0 Å². The Balaban J connectivity index is 2.68. The number of rotatable bonds is 6. The van der Waals surface area contributed by atoms with E-state index < -0.39 is 30.4 Å². The zero-order valence-electron chi connectivity index (χ0n) is 10.9. The first-order chi connectivity index (χ1) is 9.43. The highest BCUT2D eigenvalue weighted by atomic mass is 79.9. The number of carbonyl (C=O) groups is 2. The lowest BCUT2D eigenvalue weighted by atomic mass is 10.1. The van der Waals surface area contributed by atoms with E-state index >= 15 is 0 Å². The van der Waals surface area contributed by atoms with Crippen molar-refractivity contribution in [3.8, 4) is 0 Å². The van der Waals surface area contributed by atoms with Crippen LogP contribution in [0.15, 0.2) is 34.8 Å². The molecule has 0 aliphatic heterocycles. The van der Waals surface area contributed by atoms with Gasteiger partial charge in [-0.05, 0) is 30.7 Å². The van der Waals surface area contributed by atoms with Crippen molar-refractivity contribution in [2.24, 2.45) is 0 Å². The topological polar surface area (TPSA) is 86.6 Å². The van der Waals surface area contributed by atoms with Crippen LogP contribution in [-0.4, -0.2) is 40.7 Å². The summed E-state index contributed by atoms with van der Waals surface area (Å²) in [6.07, 6.45) is 1.78. The second-order valence-corrected chi connectivity index (χ2v) is 5.16. The summed E-state index contributed by atoms with van der Waals surface area (Å²) in [7, 11) is 0. The molecule has 1 aromatic carbocycles. The van der Waals surface area contributed by atoms with Gasteiger partial charge < -0.3 is 15.5 Å². The number of nitrogens with one attached hydrogen (secondary N) is 1. The van der Waals surface area contributed by atoms with Crippen LogP contribution in [-0.2, 0) is 9.59 Å². The molecule has 0 saturated carbocycles. The second-order valence-electron chi connectivity index (χ2n) is 4.24. The van der Waals surface area contributed by atoms with Crippen molar-refractivity contribution in [3.05, 3.63) is 40.4 Å². The third-order valence-corrected chi connectivity index (χ3v) is 3.05. The quantitative estimate of drug-likeness (QED) is 0.670. The number of benzene rings is 1. The van der Waals surface area contributed by atoms with E-state index in [1.807, 2.05) is 24.3 Å². The Labute approximate surface area is 125 Å². The summed E-state index contributed by atoms with van der Waals surface area (Å²) in [4.78, 5) is 23.0. The molecule has 0 spiro atoms. The van der Waals surface area contributed by atoms with Gasteiger partial charge in [0.2, 0.25) is 5.91 Å². The van der Waals surface area contributed by atoms with E-state index in [9.17, 15) is 14.7 Å².